The van der Waals surface area contributed by atoms with Crippen LogP contribution < -0.4 is 10.2 Å². The molecule has 0 spiro atoms. The van der Waals surface area contributed by atoms with Gasteiger partial charge in [0, 0.05) is 46.3 Å². The molecule has 1 N–H and O–H groups in total. The van der Waals surface area contributed by atoms with Gasteiger partial charge in [-0.3, -0.25) is 9.97 Å². The standard InChI is InChI=1S/C24H20BrN5S/c1-16-15-18(7-8-19(16)25)30-23(22(28-24(30)31)20-5-2-3-11-27-20)21-6-4-14-29(21)17-9-12-26-13-10-17/h2-15,22-23H,1H3,(H,28,31)/t22-,23+/m0/s1. The third-order valence-electron chi connectivity index (χ3n) is 5.54. The summed E-state index contributed by atoms with van der Waals surface area (Å²) in [5.41, 5.74) is 5.33. The number of nitrogens with one attached hydrogen (secondary N) is 1. The van der Waals surface area contributed by atoms with Crippen LogP contribution in [0.5, 0.6) is 0 Å². The van der Waals surface area contributed by atoms with Crippen LogP contribution in [-0.2, 0) is 0 Å². The van der Waals surface area contributed by atoms with Crippen LogP contribution in [0.15, 0.2) is 89.9 Å². The molecule has 2 atom stereocenters. The van der Waals surface area contributed by atoms with E-state index in [1.807, 2.05) is 48.9 Å². The summed E-state index contributed by atoms with van der Waals surface area (Å²) in [7, 11) is 0. The Morgan fingerprint density at radius 1 is 0.968 bits per heavy atom. The van der Waals surface area contributed by atoms with Gasteiger partial charge in [0.2, 0.25) is 0 Å². The van der Waals surface area contributed by atoms with E-state index in [0.717, 1.165) is 32.8 Å². The molecule has 4 heterocycles. The first-order valence-corrected chi connectivity index (χ1v) is 11.2. The molecule has 0 saturated carbocycles. The van der Waals surface area contributed by atoms with E-state index in [4.69, 9.17) is 12.2 Å². The highest BCUT2D eigenvalue weighted by Crippen LogP contribution is 2.42. The van der Waals surface area contributed by atoms with Crippen LogP contribution in [0.4, 0.5) is 5.69 Å². The molecule has 31 heavy (non-hydrogen) atoms. The average Bonchev–Trinajstić information content (AvgIpc) is 3.41. The van der Waals surface area contributed by atoms with Gasteiger partial charge in [-0.25, -0.2) is 0 Å². The van der Waals surface area contributed by atoms with Crippen LogP contribution in [0.1, 0.15) is 29.0 Å². The number of anilines is 1. The third kappa shape index (κ3) is 3.64. The Kier molecular flexibility index (Phi) is 5.29. The lowest BCUT2D eigenvalue weighted by molar-refractivity contribution is 0.549. The average molecular weight is 490 g/mol. The van der Waals surface area contributed by atoms with Crippen molar-refractivity contribution in [3.8, 4) is 5.69 Å². The van der Waals surface area contributed by atoms with Gasteiger partial charge in [0.25, 0.3) is 0 Å². The monoisotopic (exact) mass is 489 g/mol. The van der Waals surface area contributed by atoms with Crippen LogP contribution >= 0.6 is 28.1 Å². The number of benzene rings is 1. The maximum atomic E-state index is 5.84. The first-order chi connectivity index (χ1) is 15.1. The molecule has 1 saturated heterocycles. The minimum absolute atomic E-state index is 0.0776. The van der Waals surface area contributed by atoms with Crippen LogP contribution in [-0.4, -0.2) is 19.6 Å². The maximum absolute atomic E-state index is 5.84. The lowest BCUT2D eigenvalue weighted by Crippen LogP contribution is -2.30. The van der Waals surface area contributed by atoms with Crippen molar-refractivity contribution in [3.05, 3.63) is 107 Å². The minimum Gasteiger partial charge on any atom is -0.351 e. The highest BCUT2D eigenvalue weighted by atomic mass is 79.9. The molecular weight excluding hydrogens is 470 g/mol. The summed E-state index contributed by atoms with van der Waals surface area (Å²) in [5.74, 6) is 0. The summed E-state index contributed by atoms with van der Waals surface area (Å²) in [4.78, 5) is 11.0. The van der Waals surface area contributed by atoms with E-state index in [1.54, 1.807) is 0 Å². The fourth-order valence-corrected chi connectivity index (χ4v) is 4.68. The van der Waals surface area contributed by atoms with E-state index in [1.165, 1.54) is 0 Å². The molecule has 1 aliphatic heterocycles. The predicted molar refractivity (Wildman–Crippen MR) is 130 cm³/mol. The molecule has 0 radical (unpaired) electrons. The Morgan fingerprint density at radius 3 is 2.55 bits per heavy atom. The van der Waals surface area contributed by atoms with Crippen molar-refractivity contribution < 1.29 is 0 Å². The summed E-state index contributed by atoms with van der Waals surface area (Å²) in [6, 6.07) is 20.4. The predicted octanol–water partition coefficient (Wildman–Crippen LogP) is 5.52. The molecule has 7 heteroatoms. The number of hydrogen-bond acceptors (Lipinski definition) is 3. The molecule has 1 aromatic carbocycles. The highest BCUT2D eigenvalue weighted by molar-refractivity contribution is 9.10. The number of aromatic nitrogens is 3. The lowest BCUT2D eigenvalue weighted by Gasteiger charge is -2.29. The molecule has 5 nitrogen and oxygen atoms in total. The molecule has 154 valence electrons. The minimum atomic E-state index is -0.0897. The zero-order valence-corrected chi connectivity index (χ0v) is 19.2. The van der Waals surface area contributed by atoms with Gasteiger partial charge in [-0.2, -0.15) is 0 Å². The van der Waals surface area contributed by atoms with Crippen molar-refractivity contribution in [2.24, 2.45) is 0 Å². The van der Waals surface area contributed by atoms with Gasteiger partial charge >= 0.3 is 0 Å². The summed E-state index contributed by atoms with van der Waals surface area (Å²) >= 11 is 9.45. The Balaban J connectivity index is 1.68. The van der Waals surface area contributed by atoms with Gasteiger partial charge in [0.1, 0.15) is 6.04 Å². The van der Waals surface area contributed by atoms with E-state index >= 15 is 0 Å². The number of thiocarbonyl (C=S) groups is 1. The summed E-state index contributed by atoms with van der Waals surface area (Å²) < 4.78 is 3.27. The normalized spacial score (nSPS) is 18.3. The molecule has 0 unspecified atom stereocenters. The number of nitrogens with zero attached hydrogens (tertiary/aromatic N) is 4. The molecule has 0 aliphatic carbocycles. The second kappa shape index (κ2) is 8.24. The quantitative estimate of drug-likeness (QED) is 0.382. The van der Waals surface area contributed by atoms with Crippen molar-refractivity contribution in [1.29, 1.82) is 0 Å². The zero-order valence-electron chi connectivity index (χ0n) is 16.8. The van der Waals surface area contributed by atoms with Gasteiger partial charge in [0.05, 0.1) is 11.7 Å². The molecule has 1 aliphatic rings. The topological polar surface area (TPSA) is 46.0 Å². The number of hydrogen-bond donors (Lipinski definition) is 1. The highest BCUT2D eigenvalue weighted by Gasteiger charge is 2.42. The first-order valence-electron chi connectivity index (χ1n) is 9.98. The van der Waals surface area contributed by atoms with Gasteiger partial charge in [-0.1, -0.05) is 22.0 Å². The molecule has 5 rings (SSSR count). The van der Waals surface area contributed by atoms with Crippen molar-refractivity contribution in [2.75, 3.05) is 4.90 Å². The molecule has 0 bridgehead atoms. The Morgan fingerprint density at radius 2 is 1.81 bits per heavy atom. The first kappa shape index (κ1) is 19.9. The number of rotatable bonds is 4. The van der Waals surface area contributed by atoms with Gasteiger partial charge in [-0.15, -0.1) is 0 Å². The molecule has 0 amide bonds. The summed E-state index contributed by atoms with van der Waals surface area (Å²) in [6.45, 7) is 2.09. The fourth-order valence-electron chi connectivity index (χ4n) is 4.09. The Hall–Kier alpha value is -3.03. The van der Waals surface area contributed by atoms with Crippen LogP contribution in [0.25, 0.3) is 5.69 Å². The largest absolute Gasteiger partial charge is 0.351 e. The van der Waals surface area contributed by atoms with Crippen molar-refractivity contribution in [3.63, 3.8) is 0 Å². The van der Waals surface area contributed by atoms with Crippen LogP contribution in [0.2, 0.25) is 0 Å². The van der Waals surface area contributed by atoms with Crippen molar-refractivity contribution in [1.82, 2.24) is 19.9 Å². The van der Waals surface area contributed by atoms with Crippen molar-refractivity contribution >= 4 is 38.9 Å². The van der Waals surface area contributed by atoms with E-state index < -0.39 is 0 Å². The van der Waals surface area contributed by atoms with Crippen molar-refractivity contribution in [2.45, 2.75) is 19.0 Å². The second-order valence-corrected chi connectivity index (χ2v) is 8.68. The van der Waals surface area contributed by atoms with Gasteiger partial charge < -0.3 is 14.8 Å². The second-order valence-electron chi connectivity index (χ2n) is 7.44. The maximum Gasteiger partial charge on any atom is 0.174 e. The van der Waals surface area contributed by atoms with E-state index in [-0.39, 0.29) is 12.1 Å². The van der Waals surface area contributed by atoms with Gasteiger partial charge in [-0.05, 0) is 79.3 Å². The zero-order chi connectivity index (χ0) is 21.4. The number of halogens is 1. The summed E-state index contributed by atoms with van der Waals surface area (Å²) in [6.07, 6.45) is 7.52. The molecule has 1 fully saturated rings. The third-order valence-corrected chi connectivity index (χ3v) is 6.75. The number of aryl methyl sites for hydroxylation is 1. The van der Waals surface area contributed by atoms with Crippen LogP contribution in [0, 0.1) is 6.92 Å². The number of pyridine rings is 2. The lowest BCUT2D eigenvalue weighted by atomic mass is 10.0. The van der Waals surface area contributed by atoms with E-state index in [9.17, 15) is 0 Å². The Labute approximate surface area is 194 Å². The smallest absolute Gasteiger partial charge is 0.174 e. The molecule has 3 aromatic heterocycles. The SMILES string of the molecule is Cc1cc(N2C(=S)N[C@@H](c3ccccn3)[C@H]2c2cccn2-c2ccncc2)ccc1Br. The fraction of sp³-hybridized carbons (Fsp3) is 0.125. The Bertz CT molecular complexity index is 1230. The van der Waals surface area contributed by atoms with Gasteiger partial charge in [0.15, 0.2) is 5.11 Å². The molecular formula is C24H20BrN5S. The van der Waals surface area contributed by atoms with E-state index in [0.29, 0.717) is 5.11 Å². The molecule has 4 aromatic rings. The summed E-state index contributed by atoms with van der Waals surface area (Å²) in [5, 5.41) is 4.21. The van der Waals surface area contributed by atoms with Crippen LogP contribution in [0.3, 0.4) is 0 Å². The van der Waals surface area contributed by atoms with E-state index in [2.05, 4.69) is 84.1 Å².